The number of hydrogen-bond donors (Lipinski definition) is 4. The molecular formula is C18H22O6. The Labute approximate surface area is 140 Å². The Hall–Kier alpha value is -2.76. The predicted molar refractivity (Wildman–Crippen MR) is 89.8 cm³/mol. The normalized spacial score (nSPS) is 11.2. The van der Waals surface area contributed by atoms with Crippen LogP contribution in [0.2, 0.25) is 0 Å². The Morgan fingerprint density at radius 1 is 1.04 bits per heavy atom. The van der Waals surface area contributed by atoms with Crippen molar-refractivity contribution < 1.29 is 30.0 Å². The van der Waals surface area contributed by atoms with Crippen LogP contribution in [0.4, 0.5) is 0 Å². The van der Waals surface area contributed by atoms with Gasteiger partial charge in [-0.25, -0.2) is 9.59 Å². The Kier molecular flexibility index (Phi) is 6.58. The van der Waals surface area contributed by atoms with Gasteiger partial charge in [-0.15, -0.1) is 0 Å². The third kappa shape index (κ3) is 4.87. The minimum atomic E-state index is -1.56. The van der Waals surface area contributed by atoms with Crippen molar-refractivity contribution in [2.24, 2.45) is 0 Å². The minimum absolute atomic E-state index is 0.000959. The number of phenols is 2. The molecule has 0 spiro atoms. The summed E-state index contributed by atoms with van der Waals surface area (Å²) in [6, 6.07) is 0.854. The summed E-state index contributed by atoms with van der Waals surface area (Å²) in [6.07, 6.45) is 5.64. The molecule has 130 valence electrons. The van der Waals surface area contributed by atoms with Gasteiger partial charge in [-0.1, -0.05) is 23.3 Å². The van der Waals surface area contributed by atoms with E-state index in [1.165, 1.54) is 5.57 Å². The molecule has 1 aromatic carbocycles. The Morgan fingerprint density at radius 3 is 2.17 bits per heavy atom. The average molecular weight is 334 g/mol. The van der Waals surface area contributed by atoms with Crippen molar-refractivity contribution >= 4 is 11.9 Å². The zero-order valence-electron chi connectivity index (χ0n) is 14.0. The van der Waals surface area contributed by atoms with Crippen molar-refractivity contribution in [2.45, 2.75) is 40.0 Å². The molecule has 0 saturated heterocycles. The minimum Gasteiger partial charge on any atom is -0.507 e. The van der Waals surface area contributed by atoms with Gasteiger partial charge in [0.15, 0.2) is 0 Å². The first-order valence-corrected chi connectivity index (χ1v) is 7.48. The number of aromatic carboxylic acids is 2. The number of phenolic OH excluding ortho intramolecular Hbond substituents is 1. The van der Waals surface area contributed by atoms with Crippen molar-refractivity contribution in [3.8, 4) is 11.5 Å². The molecule has 0 aliphatic carbocycles. The van der Waals surface area contributed by atoms with Crippen LogP contribution in [0.15, 0.2) is 29.4 Å². The van der Waals surface area contributed by atoms with Crippen LogP contribution >= 0.6 is 0 Å². The Morgan fingerprint density at radius 2 is 1.67 bits per heavy atom. The number of carboxylic acids is 2. The van der Waals surface area contributed by atoms with Crippen molar-refractivity contribution in [3.05, 3.63) is 46.1 Å². The SMILES string of the molecule is CC(C)=CCC/C(C)=C/Cc1c(O)cc(C(=O)O)c(C(=O)O)c1O. The maximum absolute atomic E-state index is 11.2. The molecule has 0 radical (unpaired) electrons. The number of carbonyl (C=O) groups is 2. The van der Waals surface area contributed by atoms with E-state index < -0.39 is 34.6 Å². The first kappa shape index (κ1) is 19.3. The van der Waals surface area contributed by atoms with E-state index in [1.54, 1.807) is 6.08 Å². The van der Waals surface area contributed by atoms with Crippen molar-refractivity contribution in [3.63, 3.8) is 0 Å². The summed E-state index contributed by atoms with van der Waals surface area (Å²) in [5.74, 6) is -4.25. The molecule has 0 aliphatic heterocycles. The Bertz CT molecular complexity index is 709. The highest BCUT2D eigenvalue weighted by Gasteiger charge is 2.25. The fourth-order valence-electron chi connectivity index (χ4n) is 2.25. The molecule has 0 aromatic heterocycles. The lowest BCUT2D eigenvalue weighted by atomic mass is 9.97. The lowest BCUT2D eigenvalue weighted by Crippen LogP contribution is -2.09. The van der Waals surface area contributed by atoms with Crippen LogP contribution in [0.5, 0.6) is 11.5 Å². The van der Waals surface area contributed by atoms with Crippen LogP contribution in [0.25, 0.3) is 0 Å². The lowest BCUT2D eigenvalue weighted by Gasteiger charge is -2.11. The highest BCUT2D eigenvalue weighted by atomic mass is 16.4. The molecule has 6 heteroatoms. The second-order valence-electron chi connectivity index (χ2n) is 5.83. The molecule has 0 atom stereocenters. The van der Waals surface area contributed by atoms with Gasteiger partial charge < -0.3 is 20.4 Å². The van der Waals surface area contributed by atoms with Gasteiger partial charge in [0.1, 0.15) is 17.1 Å². The molecule has 0 fully saturated rings. The summed E-state index contributed by atoms with van der Waals surface area (Å²) in [5, 5.41) is 38.2. The summed E-state index contributed by atoms with van der Waals surface area (Å²) < 4.78 is 0. The first-order chi connectivity index (χ1) is 11.1. The molecule has 24 heavy (non-hydrogen) atoms. The molecule has 0 bridgehead atoms. The van der Waals surface area contributed by atoms with E-state index in [-0.39, 0.29) is 12.0 Å². The number of rotatable bonds is 7. The van der Waals surface area contributed by atoms with E-state index in [4.69, 9.17) is 10.2 Å². The molecule has 1 aromatic rings. The van der Waals surface area contributed by atoms with Crippen LogP contribution < -0.4 is 0 Å². The summed E-state index contributed by atoms with van der Waals surface area (Å²) in [5.41, 5.74) is 0.870. The summed E-state index contributed by atoms with van der Waals surface area (Å²) in [4.78, 5) is 22.3. The van der Waals surface area contributed by atoms with Gasteiger partial charge in [0.2, 0.25) is 0 Å². The van der Waals surface area contributed by atoms with Crippen molar-refractivity contribution in [2.75, 3.05) is 0 Å². The molecule has 0 saturated carbocycles. The van der Waals surface area contributed by atoms with E-state index in [9.17, 15) is 19.8 Å². The summed E-state index contributed by atoms with van der Waals surface area (Å²) >= 11 is 0. The van der Waals surface area contributed by atoms with Crippen LogP contribution in [0, 0.1) is 0 Å². The zero-order valence-corrected chi connectivity index (χ0v) is 14.0. The van der Waals surface area contributed by atoms with Gasteiger partial charge in [0.25, 0.3) is 0 Å². The predicted octanol–water partition coefficient (Wildman–Crippen LogP) is 3.73. The van der Waals surface area contributed by atoms with E-state index in [0.717, 1.165) is 24.5 Å². The first-order valence-electron chi connectivity index (χ1n) is 7.48. The van der Waals surface area contributed by atoms with Gasteiger partial charge in [-0.3, -0.25) is 0 Å². The summed E-state index contributed by atoms with van der Waals surface area (Å²) in [7, 11) is 0. The maximum atomic E-state index is 11.2. The molecule has 6 nitrogen and oxygen atoms in total. The van der Waals surface area contributed by atoms with Crippen molar-refractivity contribution in [1.29, 1.82) is 0 Å². The van der Waals surface area contributed by atoms with Gasteiger partial charge in [0.05, 0.1) is 5.56 Å². The smallest absolute Gasteiger partial charge is 0.340 e. The second kappa shape index (κ2) is 8.19. The highest BCUT2D eigenvalue weighted by Crippen LogP contribution is 2.34. The van der Waals surface area contributed by atoms with Crippen LogP contribution in [-0.2, 0) is 6.42 Å². The average Bonchev–Trinajstić information content (AvgIpc) is 2.45. The molecule has 0 heterocycles. The Balaban J connectivity index is 3.13. The topological polar surface area (TPSA) is 115 Å². The lowest BCUT2D eigenvalue weighted by molar-refractivity contribution is 0.0648. The van der Waals surface area contributed by atoms with Gasteiger partial charge in [0, 0.05) is 5.56 Å². The van der Waals surface area contributed by atoms with E-state index in [0.29, 0.717) is 0 Å². The number of aromatic hydroxyl groups is 2. The monoisotopic (exact) mass is 334 g/mol. The van der Waals surface area contributed by atoms with Crippen LogP contribution in [0.3, 0.4) is 0 Å². The molecular weight excluding hydrogens is 312 g/mol. The van der Waals surface area contributed by atoms with Crippen molar-refractivity contribution in [1.82, 2.24) is 0 Å². The third-order valence-corrected chi connectivity index (χ3v) is 3.57. The summed E-state index contributed by atoms with van der Waals surface area (Å²) in [6.45, 7) is 5.91. The van der Waals surface area contributed by atoms with E-state index >= 15 is 0 Å². The number of hydrogen-bond acceptors (Lipinski definition) is 4. The fraction of sp³-hybridized carbons (Fsp3) is 0.333. The largest absolute Gasteiger partial charge is 0.507 e. The van der Waals surface area contributed by atoms with Gasteiger partial charge in [-0.2, -0.15) is 0 Å². The third-order valence-electron chi connectivity index (χ3n) is 3.57. The van der Waals surface area contributed by atoms with Gasteiger partial charge in [-0.05, 0) is 46.1 Å². The standard InChI is InChI=1S/C18H22O6/c1-10(2)5-4-6-11(3)7-8-12-14(19)9-13(17(21)22)15(16(12)20)18(23)24/h5,7,9,19-20H,4,6,8H2,1-3H3,(H,21,22)(H,23,24)/b11-7+. The second-order valence-corrected chi connectivity index (χ2v) is 5.83. The quantitative estimate of drug-likeness (QED) is 0.565. The fourth-order valence-corrected chi connectivity index (χ4v) is 2.25. The molecule has 1 rings (SSSR count). The zero-order chi connectivity index (χ0) is 18.4. The van der Waals surface area contributed by atoms with E-state index in [1.807, 2.05) is 20.8 Å². The number of allylic oxidation sites excluding steroid dienone is 4. The molecule has 0 aliphatic rings. The molecule has 0 amide bonds. The van der Waals surface area contributed by atoms with Gasteiger partial charge >= 0.3 is 11.9 Å². The highest BCUT2D eigenvalue weighted by molar-refractivity contribution is 6.04. The maximum Gasteiger partial charge on any atom is 0.340 e. The molecule has 4 N–H and O–H groups in total. The number of benzene rings is 1. The number of carboxylic acid groups (broad SMARTS) is 2. The van der Waals surface area contributed by atoms with Crippen LogP contribution in [0.1, 0.15) is 59.9 Å². The van der Waals surface area contributed by atoms with E-state index in [2.05, 4.69) is 6.08 Å². The molecule has 0 unspecified atom stereocenters. The van der Waals surface area contributed by atoms with Crippen LogP contribution in [-0.4, -0.2) is 32.4 Å².